The Kier molecular flexibility index (Phi) is 7.98. The summed E-state index contributed by atoms with van der Waals surface area (Å²) in [4.78, 5) is 35.9. The van der Waals surface area contributed by atoms with Gasteiger partial charge in [0, 0.05) is 0 Å². The maximum atomic E-state index is 14.7. The number of carbonyl (C=O) groups is 2. The quantitative estimate of drug-likeness (QED) is 0.275. The van der Waals surface area contributed by atoms with Gasteiger partial charge in [0.2, 0.25) is 0 Å². The summed E-state index contributed by atoms with van der Waals surface area (Å²) in [6.45, 7) is 13.2. The molecule has 4 aliphatic heterocycles. The van der Waals surface area contributed by atoms with E-state index in [1.165, 1.54) is 0 Å². The molecule has 2 saturated carbocycles. The molecule has 4 saturated heterocycles. The molecular weight excluding hydrogens is 653 g/mol. The number of aliphatic hydroxyl groups is 2. The number of benzene rings is 1. The summed E-state index contributed by atoms with van der Waals surface area (Å²) >= 11 is -0.351. The van der Waals surface area contributed by atoms with Crippen LogP contribution in [0.1, 0.15) is 92.9 Å². The summed E-state index contributed by atoms with van der Waals surface area (Å²) in [7, 11) is 0. The van der Waals surface area contributed by atoms with E-state index >= 15 is 0 Å². The van der Waals surface area contributed by atoms with Crippen molar-refractivity contribution in [2.45, 2.75) is 138 Å². The zero-order chi connectivity index (χ0) is 32.9. The first-order valence-corrected chi connectivity index (χ1v) is 19.1. The van der Waals surface area contributed by atoms with E-state index in [2.05, 4.69) is 39.7 Å². The molecule has 0 bridgehead atoms. The van der Waals surface area contributed by atoms with Crippen LogP contribution in [0.25, 0.3) is 0 Å². The number of hydrogen-bond acceptors (Lipinski definition) is 9. The normalized spacial score (nSPS) is 46.7. The Morgan fingerprint density at radius 1 is 0.935 bits per heavy atom. The third-order valence-corrected chi connectivity index (χ3v) is 15.5. The molecule has 1 aromatic rings. The fourth-order valence-electron chi connectivity index (χ4n) is 10.4. The third kappa shape index (κ3) is 4.92. The van der Waals surface area contributed by atoms with Crippen molar-refractivity contribution in [1.82, 2.24) is 5.06 Å². The van der Waals surface area contributed by atoms with Gasteiger partial charge in [-0.05, 0) is 0 Å². The van der Waals surface area contributed by atoms with Gasteiger partial charge in [0.1, 0.15) is 0 Å². The zero-order valence-electron chi connectivity index (χ0n) is 28.1. The maximum absolute atomic E-state index is 14.7. The van der Waals surface area contributed by atoms with Crippen LogP contribution in [-0.4, -0.2) is 95.5 Å². The SMILES string of the molecule is CC1(C)CCCC(C)(C)N1O[C@]12CC[C@H]3[C@@](O)(C(=O)O[C@@H]4CO[C@](C)(OC1)[C@@H]42)C(=O)[C@H]([Se]c1ccccc1)[C@H]1C[C@@H](O)CC[C@@]13C. The molecule has 0 unspecified atom stereocenters. The van der Waals surface area contributed by atoms with Crippen molar-refractivity contribution in [1.29, 1.82) is 0 Å². The molecule has 10 heteroatoms. The molecule has 46 heavy (non-hydrogen) atoms. The van der Waals surface area contributed by atoms with Crippen LogP contribution in [-0.2, 0) is 28.6 Å². The van der Waals surface area contributed by atoms with E-state index in [0.717, 1.165) is 23.7 Å². The Morgan fingerprint density at radius 2 is 1.63 bits per heavy atom. The van der Waals surface area contributed by atoms with Gasteiger partial charge in [-0.15, -0.1) is 0 Å². The Balaban J connectivity index is 1.32. The summed E-state index contributed by atoms with van der Waals surface area (Å²) in [5, 5.41) is 25.8. The fourth-order valence-corrected chi connectivity index (χ4v) is 13.5. The molecule has 254 valence electrons. The van der Waals surface area contributed by atoms with E-state index < -0.39 is 63.0 Å². The Labute approximate surface area is 279 Å². The number of ether oxygens (including phenoxy) is 3. The number of fused-ring (bicyclic) bond motifs is 3. The number of Topliss-reactive ketones (excluding diaryl/α,β-unsaturated/α-hetero) is 1. The van der Waals surface area contributed by atoms with Gasteiger partial charge in [0.15, 0.2) is 0 Å². The number of rotatable bonds is 4. The molecular formula is C36H51NO8Se. The number of hydroxylamine groups is 2. The number of hydrogen-bond donors (Lipinski definition) is 2. The van der Waals surface area contributed by atoms with Crippen LogP contribution in [0.3, 0.4) is 0 Å². The average molecular weight is 705 g/mol. The molecule has 4 heterocycles. The van der Waals surface area contributed by atoms with Gasteiger partial charge in [-0.1, -0.05) is 0 Å². The molecule has 0 radical (unpaired) electrons. The summed E-state index contributed by atoms with van der Waals surface area (Å²) in [5.41, 5.74) is -4.28. The van der Waals surface area contributed by atoms with Gasteiger partial charge in [-0.2, -0.15) is 0 Å². The first-order valence-electron chi connectivity index (χ1n) is 17.2. The van der Waals surface area contributed by atoms with Crippen molar-refractivity contribution >= 4 is 31.2 Å². The Bertz CT molecular complexity index is 1360. The molecule has 10 atom stereocenters. The predicted octanol–water partition coefficient (Wildman–Crippen LogP) is 3.71. The number of aliphatic hydroxyl groups excluding tert-OH is 1. The summed E-state index contributed by atoms with van der Waals surface area (Å²) in [6.07, 6.45) is 4.28. The van der Waals surface area contributed by atoms with Crippen LogP contribution in [0.4, 0.5) is 0 Å². The molecule has 7 rings (SSSR count). The van der Waals surface area contributed by atoms with Crippen LogP contribution in [0.2, 0.25) is 4.82 Å². The van der Waals surface area contributed by atoms with Crippen LogP contribution in [0.15, 0.2) is 30.3 Å². The Morgan fingerprint density at radius 3 is 2.33 bits per heavy atom. The second-order valence-electron chi connectivity index (χ2n) is 16.6. The van der Waals surface area contributed by atoms with Gasteiger partial charge in [0.05, 0.1) is 0 Å². The van der Waals surface area contributed by atoms with E-state index in [4.69, 9.17) is 19.0 Å². The van der Waals surface area contributed by atoms with Crippen molar-refractivity contribution < 1.29 is 38.9 Å². The van der Waals surface area contributed by atoms with Crippen LogP contribution in [0.5, 0.6) is 0 Å². The van der Waals surface area contributed by atoms with Crippen LogP contribution in [0, 0.1) is 23.2 Å². The average Bonchev–Trinajstić information content (AvgIpc) is 3.48. The molecule has 9 nitrogen and oxygen atoms in total. The van der Waals surface area contributed by atoms with Gasteiger partial charge >= 0.3 is 280 Å². The Hall–Kier alpha value is -1.36. The fraction of sp³-hybridized carbons (Fsp3) is 0.778. The van der Waals surface area contributed by atoms with E-state index in [1.807, 2.05) is 37.3 Å². The van der Waals surface area contributed by atoms with Crippen LogP contribution < -0.4 is 4.46 Å². The standard InChI is InChI=1S/C36H51NO8Se/c1-31(2)15-10-16-32(3,4)37(31)45-35-18-14-26-33(5)17-13-22(38)19-24(33)27(46-23-11-8-7-9-12-23)29(39)36(26,41)30(40)44-25-20-42-34(6,28(25)35)43-21-35/h7-9,11-12,22,24-28,38,41H,10,13-21H2,1-6H3/t22-,24+,25+,26+,27+,28+,33-,34+,35+,36-/m0/s1. The third-order valence-electron chi connectivity index (χ3n) is 12.7. The van der Waals surface area contributed by atoms with E-state index in [-0.39, 0.29) is 45.2 Å². The molecule has 0 amide bonds. The monoisotopic (exact) mass is 705 g/mol. The first kappa shape index (κ1) is 33.2. The van der Waals surface area contributed by atoms with Crippen molar-refractivity contribution in [3.63, 3.8) is 0 Å². The summed E-state index contributed by atoms with van der Waals surface area (Å²) in [5.74, 6) is -3.68. The number of piperidine rings is 1. The number of esters is 1. The van der Waals surface area contributed by atoms with Crippen molar-refractivity contribution in [3.8, 4) is 0 Å². The molecule has 2 N–H and O–H groups in total. The van der Waals surface area contributed by atoms with Gasteiger partial charge < -0.3 is 0 Å². The van der Waals surface area contributed by atoms with E-state index in [9.17, 15) is 19.8 Å². The van der Waals surface area contributed by atoms with Gasteiger partial charge in [-0.25, -0.2) is 0 Å². The molecule has 2 aliphatic carbocycles. The van der Waals surface area contributed by atoms with E-state index in [0.29, 0.717) is 32.1 Å². The van der Waals surface area contributed by atoms with Crippen LogP contribution >= 0.6 is 0 Å². The topological polar surface area (TPSA) is 115 Å². The zero-order valence-corrected chi connectivity index (χ0v) is 29.8. The van der Waals surface area contributed by atoms with Gasteiger partial charge in [-0.3, -0.25) is 0 Å². The van der Waals surface area contributed by atoms with E-state index in [1.54, 1.807) is 0 Å². The van der Waals surface area contributed by atoms with Crippen molar-refractivity contribution in [2.75, 3.05) is 13.2 Å². The number of carbonyl (C=O) groups excluding carboxylic acids is 2. The summed E-state index contributed by atoms with van der Waals surface area (Å²) < 4.78 is 20.0. The molecule has 6 fully saturated rings. The predicted molar refractivity (Wildman–Crippen MR) is 171 cm³/mol. The molecule has 1 aromatic carbocycles. The molecule has 0 aromatic heterocycles. The van der Waals surface area contributed by atoms with Gasteiger partial charge in [0.25, 0.3) is 0 Å². The number of ketones is 1. The minimum absolute atomic E-state index is 0.100. The number of nitrogens with zero attached hydrogens (tertiary/aromatic N) is 1. The molecule has 6 aliphatic rings. The summed E-state index contributed by atoms with van der Waals surface area (Å²) in [6, 6.07) is 9.85. The minimum atomic E-state index is -2.31. The molecule has 0 spiro atoms. The second kappa shape index (κ2) is 11.1. The van der Waals surface area contributed by atoms with Crippen molar-refractivity contribution in [3.05, 3.63) is 30.3 Å². The second-order valence-corrected chi connectivity index (χ2v) is 19.1. The first-order chi connectivity index (χ1) is 21.6. The van der Waals surface area contributed by atoms with Crippen molar-refractivity contribution in [2.24, 2.45) is 23.2 Å².